The summed E-state index contributed by atoms with van der Waals surface area (Å²) in [6.45, 7) is 1.94. The van der Waals surface area contributed by atoms with Gasteiger partial charge in [0, 0.05) is 11.8 Å². The monoisotopic (exact) mass is 232 g/mol. The summed E-state index contributed by atoms with van der Waals surface area (Å²) in [4.78, 5) is 22.2. The zero-order valence-corrected chi connectivity index (χ0v) is 9.38. The Bertz CT molecular complexity index is 586. The van der Waals surface area contributed by atoms with Crippen LogP contribution in [0.4, 0.5) is 0 Å². The molecule has 2 rings (SSSR count). The van der Waals surface area contributed by atoms with E-state index in [4.69, 9.17) is 5.11 Å². The molecule has 5 heteroatoms. The zero-order chi connectivity index (χ0) is 12.4. The highest BCUT2D eigenvalue weighted by atomic mass is 16.4. The van der Waals surface area contributed by atoms with Crippen molar-refractivity contribution < 1.29 is 14.7 Å². The number of benzene rings is 1. The Balaban J connectivity index is 2.33. The van der Waals surface area contributed by atoms with Crippen molar-refractivity contribution in [3.05, 3.63) is 30.0 Å². The van der Waals surface area contributed by atoms with Gasteiger partial charge < -0.3 is 5.11 Å². The second-order valence-corrected chi connectivity index (χ2v) is 3.85. The summed E-state index contributed by atoms with van der Waals surface area (Å²) in [5.41, 5.74) is 1.76. The molecule has 0 spiro atoms. The van der Waals surface area contributed by atoms with Crippen molar-refractivity contribution in [2.75, 3.05) is 0 Å². The van der Waals surface area contributed by atoms with Crippen LogP contribution in [0.2, 0.25) is 0 Å². The fraction of sp³-hybridized carbons (Fsp3) is 0.250. The second kappa shape index (κ2) is 4.37. The van der Waals surface area contributed by atoms with E-state index in [1.165, 1.54) is 4.68 Å². The van der Waals surface area contributed by atoms with Crippen molar-refractivity contribution in [2.24, 2.45) is 0 Å². The molecule has 0 amide bonds. The lowest BCUT2D eigenvalue weighted by molar-refractivity contribution is -0.136. The molecule has 5 nitrogen and oxygen atoms in total. The van der Waals surface area contributed by atoms with Crippen LogP contribution in [0.25, 0.3) is 10.9 Å². The van der Waals surface area contributed by atoms with Gasteiger partial charge in [-0.2, -0.15) is 5.10 Å². The number of carboxylic acids is 1. The number of aryl methyl sites for hydroxylation is 1. The van der Waals surface area contributed by atoms with Crippen LogP contribution >= 0.6 is 0 Å². The molecular formula is C12H12N2O3. The molecule has 0 aliphatic carbocycles. The van der Waals surface area contributed by atoms with Crippen molar-refractivity contribution in [2.45, 2.75) is 19.8 Å². The van der Waals surface area contributed by atoms with E-state index in [0.717, 1.165) is 16.5 Å². The fourth-order valence-electron chi connectivity index (χ4n) is 1.71. The van der Waals surface area contributed by atoms with Gasteiger partial charge in [0.15, 0.2) is 0 Å². The van der Waals surface area contributed by atoms with Crippen LogP contribution in [0, 0.1) is 6.92 Å². The third kappa shape index (κ3) is 2.18. The molecule has 0 unspecified atom stereocenters. The summed E-state index contributed by atoms with van der Waals surface area (Å²) in [5.74, 6) is -1.28. The third-order valence-electron chi connectivity index (χ3n) is 2.62. The molecule has 88 valence electrons. The Morgan fingerprint density at radius 3 is 2.82 bits per heavy atom. The molecule has 1 aromatic heterocycles. The molecule has 1 N–H and O–H groups in total. The molecule has 0 atom stereocenters. The lowest BCUT2D eigenvalue weighted by Gasteiger charge is -2.01. The minimum absolute atomic E-state index is 0.0416. The lowest BCUT2D eigenvalue weighted by Crippen LogP contribution is -2.13. The number of carbonyl (C=O) groups excluding carboxylic acids is 1. The SMILES string of the molecule is Cc1cccc2c1cnn2C(=O)CCC(=O)O. The molecule has 0 bridgehead atoms. The normalized spacial score (nSPS) is 10.6. The number of hydrogen-bond acceptors (Lipinski definition) is 3. The van der Waals surface area contributed by atoms with E-state index in [1.807, 2.05) is 19.1 Å². The first-order chi connectivity index (χ1) is 8.09. The molecule has 0 aliphatic heterocycles. The lowest BCUT2D eigenvalue weighted by atomic mass is 10.1. The van der Waals surface area contributed by atoms with Gasteiger partial charge in [-0.25, -0.2) is 4.68 Å². The first-order valence-electron chi connectivity index (χ1n) is 5.28. The van der Waals surface area contributed by atoms with Crippen LogP contribution < -0.4 is 0 Å². The van der Waals surface area contributed by atoms with Crippen LogP contribution in [-0.4, -0.2) is 26.8 Å². The number of hydrogen-bond donors (Lipinski definition) is 1. The molecule has 0 radical (unpaired) electrons. The Morgan fingerprint density at radius 1 is 1.35 bits per heavy atom. The minimum Gasteiger partial charge on any atom is -0.481 e. The molecule has 2 aromatic rings. The van der Waals surface area contributed by atoms with Crippen molar-refractivity contribution in [3.8, 4) is 0 Å². The number of nitrogens with zero attached hydrogens (tertiary/aromatic N) is 2. The van der Waals surface area contributed by atoms with E-state index in [1.54, 1.807) is 12.3 Å². The van der Waals surface area contributed by atoms with Gasteiger partial charge in [-0.05, 0) is 18.6 Å². The second-order valence-electron chi connectivity index (χ2n) is 3.85. The Kier molecular flexibility index (Phi) is 2.91. The smallest absolute Gasteiger partial charge is 0.303 e. The van der Waals surface area contributed by atoms with Gasteiger partial charge in [-0.1, -0.05) is 12.1 Å². The first-order valence-corrected chi connectivity index (χ1v) is 5.28. The summed E-state index contributed by atoms with van der Waals surface area (Å²) >= 11 is 0. The predicted octanol–water partition coefficient (Wildman–Crippen LogP) is 1.85. The highest BCUT2D eigenvalue weighted by Crippen LogP contribution is 2.17. The summed E-state index contributed by atoms with van der Waals surface area (Å²) < 4.78 is 1.27. The molecule has 0 fully saturated rings. The van der Waals surface area contributed by atoms with Gasteiger partial charge in [-0.3, -0.25) is 9.59 Å². The molecule has 17 heavy (non-hydrogen) atoms. The van der Waals surface area contributed by atoms with Gasteiger partial charge >= 0.3 is 5.97 Å². The molecule has 0 saturated heterocycles. The standard InChI is InChI=1S/C12H12N2O3/c1-8-3-2-4-10-9(8)7-13-14(10)11(15)5-6-12(16)17/h2-4,7H,5-6H2,1H3,(H,16,17). The van der Waals surface area contributed by atoms with Gasteiger partial charge in [0.1, 0.15) is 0 Å². The predicted molar refractivity (Wildman–Crippen MR) is 62.0 cm³/mol. The van der Waals surface area contributed by atoms with E-state index in [9.17, 15) is 9.59 Å². The van der Waals surface area contributed by atoms with Gasteiger partial charge in [0.25, 0.3) is 0 Å². The van der Waals surface area contributed by atoms with Crippen LogP contribution in [0.3, 0.4) is 0 Å². The van der Waals surface area contributed by atoms with E-state index >= 15 is 0 Å². The maximum absolute atomic E-state index is 11.8. The summed E-state index contributed by atoms with van der Waals surface area (Å²) in [7, 11) is 0. The van der Waals surface area contributed by atoms with E-state index in [2.05, 4.69) is 5.10 Å². The minimum atomic E-state index is -0.981. The van der Waals surface area contributed by atoms with Gasteiger partial charge in [-0.15, -0.1) is 0 Å². The van der Waals surface area contributed by atoms with E-state index < -0.39 is 5.97 Å². The average Bonchev–Trinajstić information content (AvgIpc) is 2.71. The van der Waals surface area contributed by atoms with Crippen LogP contribution in [-0.2, 0) is 4.79 Å². The van der Waals surface area contributed by atoms with Crippen molar-refractivity contribution in [1.29, 1.82) is 0 Å². The highest BCUT2D eigenvalue weighted by molar-refractivity contribution is 5.93. The van der Waals surface area contributed by atoms with Gasteiger partial charge in [0.2, 0.25) is 5.91 Å². The summed E-state index contributed by atoms with van der Waals surface area (Å²) in [6, 6.07) is 5.59. The largest absolute Gasteiger partial charge is 0.481 e. The number of carbonyl (C=O) groups is 2. The molecular weight excluding hydrogens is 220 g/mol. The number of rotatable bonds is 3. The molecule has 0 aliphatic rings. The topological polar surface area (TPSA) is 72.2 Å². The summed E-state index contributed by atoms with van der Waals surface area (Å²) in [6.07, 6.45) is 1.41. The molecule has 1 heterocycles. The quantitative estimate of drug-likeness (QED) is 0.876. The Labute approximate surface area is 97.7 Å². The molecule has 1 aromatic carbocycles. The van der Waals surface area contributed by atoms with Gasteiger partial charge in [0.05, 0.1) is 18.1 Å². The number of aliphatic carboxylic acids is 1. The number of fused-ring (bicyclic) bond motifs is 1. The van der Waals surface area contributed by atoms with Crippen LogP contribution in [0.5, 0.6) is 0 Å². The number of carboxylic acid groups (broad SMARTS) is 1. The summed E-state index contributed by atoms with van der Waals surface area (Å²) in [5, 5.41) is 13.5. The Hall–Kier alpha value is -2.17. The first kappa shape index (κ1) is 11.3. The third-order valence-corrected chi connectivity index (χ3v) is 2.62. The van der Waals surface area contributed by atoms with E-state index in [-0.39, 0.29) is 18.7 Å². The maximum Gasteiger partial charge on any atom is 0.303 e. The fourth-order valence-corrected chi connectivity index (χ4v) is 1.71. The number of aromatic nitrogens is 2. The van der Waals surface area contributed by atoms with Crippen molar-refractivity contribution in [1.82, 2.24) is 9.78 Å². The zero-order valence-electron chi connectivity index (χ0n) is 9.38. The van der Waals surface area contributed by atoms with Crippen molar-refractivity contribution >= 4 is 22.8 Å². The highest BCUT2D eigenvalue weighted by Gasteiger charge is 2.12. The molecule has 0 saturated carbocycles. The Morgan fingerprint density at radius 2 is 2.12 bits per heavy atom. The van der Waals surface area contributed by atoms with Crippen LogP contribution in [0.15, 0.2) is 24.4 Å². The van der Waals surface area contributed by atoms with E-state index in [0.29, 0.717) is 0 Å². The van der Waals surface area contributed by atoms with Crippen molar-refractivity contribution in [3.63, 3.8) is 0 Å². The maximum atomic E-state index is 11.8. The average molecular weight is 232 g/mol. The van der Waals surface area contributed by atoms with Crippen LogP contribution in [0.1, 0.15) is 23.2 Å².